The molecule has 2 heteroatoms. The molecule has 1 heterocycles. The van der Waals surface area contributed by atoms with E-state index in [1.54, 1.807) is 7.11 Å². The van der Waals surface area contributed by atoms with Gasteiger partial charge in [-0.25, -0.2) is 0 Å². The Morgan fingerprint density at radius 2 is 2.60 bits per heavy atom. The minimum atomic E-state index is 0.375. The predicted octanol–water partition coefficient (Wildman–Crippen LogP) is 1.72. The molecule has 0 spiro atoms. The molecule has 0 aromatic carbocycles. The zero-order chi connectivity index (χ0) is 7.40. The fourth-order valence-electron chi connectivity index (χ4n) is 1.09. The minimum absolute atomic E-state index is 0.375. The number of methoxy groups -OCH3 is 1. The third-order valence-corrected chi connectivity index (χ3v) is 1.66. The first-order valence-corrected chi connectivity index (χ1v) is 3.63. The van der Waals surface area contributed by atoms with E-state index in [4.69, 9.17) is 9.47 Å². The lowest BCUT2D eigenvalue weighted by atomic mass is 10.1. The van der Waals surface area contributed by atoms with Gasteiger partial charge >= 0.3 is 0 Å². The number of ether oxygens (including phenoxy) is 2. The average molecular weight is 142 g/mol. The maximum absolute atomic E-state index is 5.33. The maximum atomic E-state index is 5.33. The van der Waals surface area contributed by atoms with Crippen LogP contribution in [0.4, 0.5) is 0 Å². The SMILES string of the molecule is COCCC1CC(C)=CO1. The van der Waals surface area contributed by atoms with Crippen molar-refractivity contribution in [3.05, 3.63) is 11.8 Å². The maximum Gasteiger partial charge on any atom is 0.104 e. The van der Waals surface area contributed by atoms with Crippen LogP contribution in [0.2, 0.25) is 0 Å². The minimum Gasteiger partial charge on any atom is -0.498 e. The highest BCUT2D eigenvalue weighted by Crippen LogP contribution is 2.19. The van der Waals surface area contributed by atoms with Gasteiger partial charge in [0.1, 0.15) is 6.10 Å². The topological polar surface area (TPSA) is 18.5 Å². The van der Waals surface area contributed by atoms with Gasteiger partial charge in [-0.15, -0.1) is 0 Å². The zero-order valence-corrected chi connectivity index (χ0v) is 6.59. The normalized spacial score (nSPS) is 24.2. The predicted molar refractivity (Wildman–Crippen MR) is 39.7 cm³/mol. The Labute approximate surface area is 61.8 Å². The van der Waals surface area contributed by atoms with Gasteiger partial charge in [0.15, 0.2) is 0 Å². The van der Waals surface area contributed by atoms with Crippen LogP contribution in [-0.2, 0) is 9.47 Å². The summed E-state index contributed by atoms with van der Waals surface area (Å²) in [7, 11) is 1.72. The summed E-state index contributed by atoms with van der Waals surface area (Å²) in [5, 5.41) is 0. The second kappa shape index (κ2) is 3.62. The van der Waals surface area contributed by atoms with Crippen LogP contribution in [0.15, 0.2) is 11.8 Å². The molecule has 58 valence electrons. The Balaban J connectivity index is 2.11. The van der Waals surface area contributed by atoms with Crippen molar-refractivity contribution in [2.45, 2.75) is 25.9 Å². The first-order valence-electron chi connectivity index (χ1n) is 3.63. The van der Waals surface area contributed by atoms with Gasteiger partial charge in [-0.1, -0.05) is 0 Å². The summed E-state index contributed by atoms with van der Waals surface area (Å²) in [6, 6.07) is 0. The van der Waals surface area contributed by atoms with Gasteiger partial charge in [-0.05, 0) is 12.5 Å². The molecule has 0 fully saturated rings. The van der Waals surface area contributed by atoms with Gasteiger partial charge in [-0.3, -0.25) is 0 Å². The van der Waals surface area contributed by atoms with Crippen molar-refractivity contribution in [2.24, 2.45) is 0 Å². The first kappa shape index (κ1) is 7.61. The van der Waals surface area contributed by atoms with E-state index >= 15 is 0 Å². The molecule has 0 aliphatic carbocycles. The van der Waals surface area contributed by atoms with Crippen LogP contribution in [0.5, 0.6) is 0 Å². The van der Waals surface area contributed by atoms with Gasteiger partial charge < -0.3 is 9.47 Å². The third kappa shape index (κ3) is 2.03. The molecule has 1 atom stereocenters. The molecule has 0 bridgehead atoms. The molecule has 0 N–H and O–H groups in total. The molecule has 0 saturated heterocycles. The molecule has 1 unspecified atom stereocenters. The van der Waals surface area contributed by atoms with Crippen LogP contribution < -0.4 is 0 Å². The number of hydrogen-bond donors (Lipinski definition) is 0. The second-order valence-electron chi connectivity index (χ2n) is 2.71. The Kier molecular flexibility index (Phi) is 2.75. The van der Waals surface area contributed by atoms with Crippen LogP contribution in [0.3, 0.4) is 0 Å². The first-order chi connectivity index (χ1) is 4.83. The lowest BCUT2D eigenvalue weighted by molar-refractivity contribution is 0.110. The summed E-state index contributed by atoms with van der Waals surface area (Å²) < 4.78 is 10.3. The number of hydrogen-bond acceptors (Lipinski definition) is 2. The summed E-state index contributed by atoms with van der Waals surface area (Å²) >= 11 is 0. The summed E-state index contributed by atoms with van der Waals surface area (Å²) in [6.07, 6.45) is 4.30. The fraction of sp³-hybridized carbons (Fsp3) is 0.750. The van der Waals surface area contributed by atoms with Crippen molar-refractivity contribution in [3.8, 4) is 0 Å². The van der Waals surface area contributed by atoms with Crippen LogP contribution in [0, 0.1) is 0 Å². The quantitative estimate of drug-likeness (QED) is 0.597. The Bertz CT molecular complexity index is 129. The van der Waals surface area contributed by atoms with E-state index in [-0.39, 0.29) is 0 Å². The van der Waals surface area contributed by atoms with Crippen molar-refractivity contribution in [2.75, 3.05) is 13.7 Å². The molecule has 0 amide bonds. The molecule has 0 saturated carbocycles. The molecule has 1 aliphatic heterocycles. The summed E-state index contributed by atoms with van der Waals surface area (Å²) in [5.74, 6) is 0. The number of rotatable bonds is 3. The van der Waals surface area contributed by atoms with E-state index < -0.39 is 0 Å². The van der Waals surface area contributed by atoms with E-state index in [9.17, 15) is 0 Å². The molecule has 2 nitrogen and oxygen atoms in total. The average Bonchev–Trinajstić information content (AvgIpc) is 2.31. The van der Waals surface area contributed by atoms with Crippen LogP contribution in [0.1, 0.15) is 19.8 Å². The van der Waals surface area contributed by atoms with Crippen molar-refractivity contribution in [3.63, 3.8) is 0 Å². The van der Waals surface area contributed by atoms with Crippen molar-refractivity contribution in [1.29, 1.82) is 0 Å². The molecule has 0 aromatic rings. The van der Waals surface area contributed by atoms with E-state index in [0.29, 0.717) is 6.10 Å². The second-order valence-corrected chi connectivity index (χ2v) is 2.71. The highest BCUT2D eigenvalue weighted by molar-refractivity contribution is 5.00. The van der Waals surface area contributed by atoms with Crippen molar-refractivity contribution < 1.29 is 9.47 Å². The molecule has 0 aromatic heterocycles. The highest BCUT2D eigenvalue weighted by Gasteiger charge is 2.14. The van der Waals surface area contributed by atoms with Gasteiger partial charge in [0, 0.05) is 26.6 Å². The van der Waals surface area contributed by atoms with Gasteiger partial charge in [-0.2, -0.15) is 0 Å². The lowest BCUT2D eigenvalue weighted by Gasteiger charge is -2.08. The molecule has 10 heavy (non-hydrogen) atoms. The van der Waals surface area contributed by atoms with E-state index in [0.717, 1.165) is 19.4 Å². The molecular formula is C8H14O2. The summed E-state index contributed by atoms with van der Waals surface area (Å²) in [5.41, 5.74) is 1.33. The van der Waals surface area contributed by atoms with E-state index in [2.05, 4.69) is 6.92 Å². The van der Waals surface area contributed by atoms with Gasteiger partial charge in [0.2, 0.25) is 0 Å². The van der Waals surface area contributed by atoms with E-state index in [1.807, 2.05) is 6.26 Å². The van der Waals surface area contributed by atoms with Crippen LogP contribution in [-0.4, -0.2) is 19.8 Å². The van der Waals surface area contributed by atoms with E-state index in [1.165, 1.54) is 5.57 Å². The molecule has 0 radical (unpaired) electrons. The van der Waals surface area contributed by atoms with Gasteiger partial charge in [0.05, 0.1) is 6.26 Å². The zero-order valence-electron chi connectivity index (χ0n) is 6.59. The Morgan fingerprint density at radius 3 is 3.10 bits per heavy atom. The highest BCUT2D eigenvalue weighted by atomic mass is 16.5. The fourth-order valence-corrected chi connectivity index (χ4v) is 1.09. The smallest absolute Gasteiger partial charge is 0.104 e. The van der Waals surface area contributed by atoms with Crippen molar-refractivity contribution >= 4 is 0 Å². The molecular weight excluding hydrogens is 128 g/mol. The monoisotopic (exact) mass is 142 g/mol. The standard InChI is InChI=1S/C8H14O2/c1-7-5-8(10-6-7)3-4-9-2/h6,8H,3-5H2,1-2H3. The molecule has 1 aliphatic rings. The lowest BCUT2D eigenvalue weighted by Crippen LogP contribution is -2.08. The van der Waals surface area contributed by atoms with Crippen molar-refractivity contribution in [1.82, 2.24) is 0 Å². The largest absolute Gasteiger partial charge is 0.498 e. The summed E-state index contributed by atoms with van der Waals surface area (Å²) in [4.78, 5) is 0. The Hall–Kier alpha value is -0.500. The van der Waals surface area contributed by atoms with Crippen LogP contribution in [0.25, 0.3) is 0 Å². The van der Waals surface area contributed by atoms with Gasteiger partial charge in [0.25, 0.3) is 0 Å². The molecule has 1 rings (SSSR count). The third-order valence-electron chi connectivity index (χ3n) is 1.66. The van der Waals surface area contributed by atoms with Crippen LogP contribution >= 0.6 is 0 Å². The Morgan fingerprint density at radius 1 is 1.80 bits per heavy atom. The summed E-state index contributed by atoms with van der Waals surface area (Å²) in [6.45, 7) is 2.89.